The van der Waals surface area contributed by atoms with Crippen molar-refractivity contribution >= 4 is 17.1 Å². The minimum absolute atomic E-state index is 0.0163. The van der Waals surface area contributed by atoms with Gasteiger partial charge in [-0.05, 0) is 90.6 Å². The summed E-state index contributed by atoms with van der Waals surface area (Å²) < 4.78 is 0. The predicted molar refractivity (Wildman–Crippen MR) is 133 cm³/mol. The topological polar surface area (TPSA) is 3.24 Å². The number of aryl methyl sites for hydroxylation is 3. The van der Waals surface area contributed by atoms with Gasteiger partial charge in [0.1, 0.15) is 0 Å². The Bertz CT molecular complexity index is 1250. The lowest BCUT2D eigenvalue weighted by molar-refractivity contribution is 0.660. The second kappa shape index (κ2) is 7.13. The molecule has 31 heavy (non-hydrogen) atoms. The Balaban J connectivity index is 1.71. The van der Waals surface area contributed by atoms with Crippen LogP contribution in [-0.4, -0.2) is 0 Å². The standard InChI is InChI=1S/C30H29N/c1-20-8-6-10-23(16-20)31(24-11-7-9-21(2)17-24)25-13-15-27-26-14-12-22(3)18-28(26)30(4,5)29(27)19-25/h6-19H,1-5H3. The second-order valence-corrected chi connectivity index (χ2v) is 9.42. The first-order valence-corrected chi connectivity index (χ1v) is 11.0. The van der Waals surface area contributed by atoms with Gasteiger partial charge in [0.2, 0.25) is 0 Å². The van der Waals surface area contributed by atoms with Crippen LogP contribution in [0.5, 0.6) is 0 Å². The third-order valence-electron chi connectivity index (χ3n) is 6.59. The highest BCUT2D eigenvalue weighted by Crippen LogP contribution is 2.50. The van der Waals surface area contributed by atoms with E-state index in [1.54, 1.807) is 0 Å². The molecule has 0 atom stereocenters. The highest BCUT2D eigenvalue weighted by atomic mass is 15.1. The highest BCUT2D eigenvalue weighted by molar-refractivity contribution is 5.85. The Hall–Kier alpha value is -3.32. The summed E-state index contributed by atoms with van der Waals surface area (Å²) in [6.07, 6.45) is 0. The number of nitrogens with zero attached hydrogens (tertiary/aromatic N) is 1. The Kier molecular flexibility index (Phi) is 4.51. The van der Waals surface area contributed by atoms with Crippen LogP contribution in [-0.2, 0) is 5.41 Å². The fourth-order valence-electron chi connectivity index (χ4n) is 4.96. The van der Waals surface area contributed by atoms with Crippen molar-refractivity contribution < 1.29 is 0 Å². The molecule has 1 heteroatoms. The number of benzene rings is 4. The molecule has 0 radical (unpaired) electrons. The van der Waals surface area contributed by atoms with Crippen LogP contribution in [0.3, 0.4) is 0 Å². The number of rotatable bonds is 3. The average molecular weight is 404 g/mol. The minimum atomic E-state index is -0.0163. The van der Waals surface area contributed by atoms with Crippen molar-refractivity contribution in [1.29, 1.82) is 0 Å². The van der Waals surface area contributed by atoms with E-state index in [4.69, 9.17) is 0 Å². The predicted octanol–water partition coefficient (Wildman–Crippen LogP) is 8.39. The first-order chi connectivity index (χ1) is 14.8. The van der Waals surface area contributed by atoms with Gasteiger partial charge >= 0.3 is 0 Å². The van der Waals surface area contributed by atoms with Gasteiger partial charge in [0, 0.05) is 22.5 Å². The van der Waals surface area contributed by atoms with Gasteiger partial charge in [-0.3, -0.25) is 0 Å². The van der Waals surface area contributed by atoms with E-state index >= 15 is 0 Å². The molecular formula is C30H29N. The monoisotopic (exact) mass is 403 g/mol. The molecule has 0 aromatic heterocycles. The lowest BCUT2D eigenvalue weighted by atomic mass is 9.82. The Morgan fingerprint density at radius 3 is 1.58 bits per heavy atom. The molecule has 0 saturated carbocycles. The van der Waals surface area contributed by atoms with Crippen molar-refractivity contribution in [2.45, 2.75) is 40.0 Å². The van der Waals surface area contributed by atoms with Crippen LogP contribution in [0, 0.1) is 20.8 Å². The van der Waals surface area contributed by atoms with Gasteiger partial charge in [-0.2, -0.15) is 0 Å². The van der Waals surface area contributed by atoms with Crippen LogP contribution >= 0.6 is 0 Å². The van der Waals surface area contributed by atoms with Crippen molar-refractivity contribution in [2.24, 2.45) is 0 Å². The number of anilines is 3. The lowest BCUT2D eigenvalue weighted by Crippen LogP contribution is -2.16. The van der Waals surface area contributed by atoms with E-state index in [2.05, 4.69) is 124 Å². The first-order valence-electron chi connectivity index (χ1n) is 11.0. The molecular weight excluding hydrogens is 374 g/mol. The van der Waals surface area contributed by atoms with Crippen molar-refractivity contribution in [2.75, 3.05) is 4.90 Å². The van der Waals surface area contributed by atoms with Crippen LogP contribution in [0.2, 0.25) is 0 Å². The Labute approximate surface area is 186 Å². The molecule has 0 amide bonds. The summed E-state index contributed by atoms with van der Waals surface area (Å²) in [5.74, 6) is 0. The molecule has 154 valence electrons. The molecule has 1 aliphatic rings. The van der Waals surface area contributed by atoms with Crippen LogP contribution in [0.4, 0.5) is 17.1 Å². The van der Waals surface area contributed by atoms with Crippen LogP contribution in [0.1, 0.15) is 41.7 Å². The third kappa shape index (κ3) is 3.25. The van der Waals surface area contributed by atoms with E-state index in [1.165, 1.54) is 56.0 Å². The zero-order valence-corrected chi connectivity index (χ0v) is 19.0. The summed E-state index contributed by atoms with van der Waals surface area (Å²) in [4.78, 5) is 2.38. The molecule has 1 nitrogen and oxygen atoms in total. The summed E-state index contributed by atoms with van der Waals surface area (Å²) in [5.41, 5.74) is 13.0. The van der Waals surface area contributed by atoms with Crippen LogP contribution in [0.15, 0.2) is 84.9 Å². The van der Waals surface area contributed by atoms with Gasteiger partial charge in [0.15, 0.2) is 0 Å². The van der Waals surface area contributed by atoms with E-state index in [0.717, 1.165) is 0 Å². The van der Waals surface area contributed by atoms with Crippen molar-refractivity contribution in [1.82, 2.24) is 0 Å². The van der Waals surface area contributed by atoms with Crippen molar-refractivity contribution in [3.8, 4) is 11.1 Å². The summed E-state index contributed by atoms with van der Waals surface area (Å²) in [6, 6.07) is 31.4. The maximum atomic E-state index is 2.40. The van der Waals surface area contributed by atoms with Gasteiger partial charge in [0.25, 0.3) is 0 Å². The quantitative estimate of drug-likeness (QED) is 0.332. The van der Waals surface area contributed by atoms with Gasteiger partial charge in [-0.25, -0.2) is 0 Å². The Morgan fingerprint density at radius 1 is 0.516 bits per heavy atom. The van der Waals surface area contributed by atoms with Gasteiger partial charge in [0.05, 0.1) is 0 Å². The molecule has 0 aliphatic heterocycles. The molecule has 1 aliphatic carbocycles. The molecule has 0 fully saturated rings. The van der Waals surface area contributed by atoms with E-state index in [1.807, 2.05) is 0 Å². The molecule has 0 saturated heterocycles. The molecule has 5 rings (SSSR count). The first kappa shape index (κ1) is 19.6. The fraction of sp³-hybridized carbons (Fsp3) is 0.200. The molecule has 0 unspecified atom stereocenters. The second-order valence-electron chi connectivity index (χ2n) is 9.42. The number of hydrogen-bond acceptors (Lipinski definition) is 1. The van der Waals surface area contributed by atoms with E-state index in [0.29, 0.717) is 0 Å². The fourth-order valence-corrected chi connectivity index (χ4v) is 4.96. The molecule has 0 spiro atoms. The highest BCUT2D eigenvalue weighted by Gasteiger charge is 2.36. The van der Waals surface area contributed by atoms with Crippen LogP contribution < -0.4 is 4.90 Å². The van der Waals surface area contributed by atoms with E-state index in [-0.39, 0.29) is 5.41 Å². The summed E-state index contributed by atoms with van der Waals surface area (Å²) in [5, 5.41) is 0. The van der Waals surface area contributed by atoms with Crippen LogP contribution in [0.25, 0.3) is 11.1 Å². The Morgan fingerprint density at radius 2 is 1.00 bits per heavy atom. The lowest BCUT2D eigenvalue weighted by Gasteiger charge is -2.28. The molecule has 4 aromatic carbocycles. The normalized spacial score (nSPS) is 13.6. The van der Waals surface area contributed by atoms with Gasteiger partial charge in [-0.1, -0.05) is 67.9 Å². The smallest absolute Gasteiger partial charge is 0.0465 e. The number of fused-ring (bicyclic) bond motifs is 3. The third-order valence-corrected chi connectivity index (χ3v) is 6.59. The van der Waals surface area contributed by atoms with E-state index in [9.17, 15) is 0 Å². The molecule has 0 bridgehead atoms. The maximum Gasteiger partial charge on any atom is 0.0465 e. The zero-order valence-electron chi connectivity index (χ0n) is 19.0. The molecule has 0 heterocycles. The summed E-state index contributed by atoms with van der Waals surface area (Å²) >= 11 is 0. The number of hydrogen-bond donors (Lipinski definition) is 0. The SMILES string of the molecule is Cc1cccc(N(c2cccc(C)c2)c2ccc3c(c2)C(C)(C)c2cc(C)ccc2-3)c1. The van der Waals surface area contributed by atoms with Crippen molar-refractivity contribution in [3.63, 3.8) is 0 Å². The van der Waals surface area contributed by atoms with Gasteiger partial charge in [-0.15, -0.1) is 0 Å². The molecule has 0 N–H and O–H groups in total. The zero-order chi connectivity index (χ0) is 21.8. The summed E-state index contributed by atoms with van der Waals surface area (Å²) in [6.45, 7) is 11.2. The summed E-state index contributed by atoms with van der Waals surface area (Å²) in [7, 11) is 0. The van der Waals surface area contributed by atoms with E-state index < -0.39 is 0 Å². The largest absolute Gasteiger partial charge is 0.310 e. The maximum absolute atomic E-state index is 2.40. The minimum Gasteiger partial charge on any atom is -0.310 e. The molecule has 4 aromatic rings. The van der Waals surface area contributed by atoms with Gasteiger partial charge < -0.3 is 4.90 Å². The average Bonchev–Trinajstić information content (AvgIpc) is 2.95. The van der Waals surface area contributed by atoms with Crippen molar-refractivity contribution in [3.05, 3.63) is 113 Å².